The van der Waals surface area contributed by atoms with Crippen LogP contribution in [0.2, 0.25) is 5.02 Å². The molecule has 1 heterocycles. The lowest BCUT2D eigenvalue weighted by molar-refractivity contribution is 0.0698. The Morgan fingerprint density at radius 3 is 2.59 bits per heavy atom. The zero-order valence-corrected chi connectivity index (χ0v) is 19.5. The van der Waals surface area contributed by atoms with E-state index in [4.69, 9.17) is 11.6 Å². The molecule has 164 valence electrons. The average molecular weight is 536 g/mol. The highest BCUT2D eigenvalue weighted by Gasteiger charge is 2.31. The van der Waals surface area contributed by atoms with Crippen LogP contribution in [0.15, 0.2) is 70.0 Å². The van der Waals surface area contributed by atoms with Crippen LogP contribution in [0.25, 0.3) is 0 Å². The largest absolute Gasteiger partial charge is 0.478 e. The summed E-state index contributed by atoms with van der Waals surface area (Å²) in [6.07, 6.45) is 0.539. The molecule has 32 heavy (non-hydrogen) atoms. The van der Waals surface area contributed by atoms with Crippen LogP contribution >= 0.6 is 27.5 Å². The molecule has 0 unspecified atom stereocenters. The Balaban J connectivity index is 1.64. The number of sulfonamides is 1. The lowest BCUT2D eigenvalue weighted by Crippen LogP contribution is -2.29. The van der Waals surface area contributed by atoms with Gasteiger partial charge in [0.2, 0.25) is 0 Å². The molecule has 0 saturated heterocycles. The van der Waals surface area contributed by atoms with E-state index in [0.29, 0.717) is 21.6 Å². The number of nitrogens with zero attached hydrogens (tertiary/aromatic N) is 1. The van der Waals surface area contributed by atoms with Crippen LogP contribution in [0.1, 0.15) is 26.3 Å². The first-order chi connectivity index (χ1) is 15.2. The number of nitrogens with one attached hydrogen (secondary N) is 1. The van der Waals surface area contributed by atoms with Gasteiger partial charge in [0.05, 0.1) is 21.8 Å². The fraction of sp³-hybridized carbons (Fsp3) is 0.0909. The van der Waals surface area contributed by atoms with Crippen molar-refractivity contribution in [2.24, 2.45) is 0 Å². The quantitative estimate of drug-likeness (QED) is 0.488. The van der Waals surface area contributed by atoms with Crippen LogP contribution in [-0.4, -0.2) is 31.9 Å². The van der Waals surface area contributed by atoms with E-state index in [-0.39, 0.29) is 28.3 Å². The van der Waals surface area contributed by atoms with E-state index in [0.717, 1.165) is 5.56 Å². The summed E-state index contributed by atoms with van der Waals surface area (Å²) in [5.74, 6) is -1.83. The third-order valence-corrected chi connectivity index (χ3v) is 7.58. The first-order valence-corrected chi connectivity index (χ1v) is 12.0. The number of aromatic carboxylic acids is 1. The van der Waals surface area contributed by atoms with Gasteiger partial charge in [-0.3, -0.25) is 9.10 Å². The van der Waals surface area contributed by atoms with Crippen molar-refractivity contribution in [2.45, 2.75) is 11.3 Å². The molecule has 1 amide bonds. The van der Waals surface area contributed by atoms with Crippen molar-refractivity contribution in [1.29, 1.82) is 0 Å². The van der Waals surface area contributed by atoms with E-state index in [1.165, 1.54) is 40.7 Å². The third kappa shape index (κ3) is 4.23. The number of hydrogen-bond acceptors (Lipinski definition) is 4. The molecule has 0 aromatic heterocycles. The van der Waals surface area contributed by atoms with Crippen molar-refractivity contribution < 1.29 is 23.1 Å². The molecule has 3 aromatic rings. The van der Waals surface area contributed by atoms with E-state index >= 15 is 0 Å². The Kier molecular flexibility index (Phi) is 5.98. The molecule has 0 aliphatic carbocycles. The number of carbonyl (C=O) groups is 2. The van der Waals surface area contributed by atoms with Gasteiger partial charge in [0.25, 0.3) is 15.9 Å². The van der Waals surface area contributed by atoms with Crippen molar-refractivity contribution in [3.63, 3.8) is 0 Å². The molecule has 1 aliphatic rings. The minimum absolute atomic E-state index is 0.0396. The molecule has 0 radical (unpaired) electrons. The summed E-state index contributed by atoms with van der Waals surface area (Å²) in [4.78, 5) is 24.2. The minimum atomic E-state index is -3.91. The fourth-order valence-electron chi connectivity index (χ4n) is 3.51. The summed E-state index contributed by atoms with van der Waals surface area (Å²) >= 11 is 9.21. The Morgan fingerprint density at radius 2 is 1.84 bits per heavy atom. The van der Waals surface area contributed by atoms with Gasteiger partial charge in [-0.05, 0) is 66.6 Å². The fourth-order valence-corrected chi connectivity index (χ4v) is 5.62. The van der Waals surface area contributed by atoms with Gasteiger partial charge in [0.1, 0.15) is 0 Å². The highest BCUT2D eigenvalue weighted by Crippen LogP contribution is 2.34. The second-order valence-electron chi connectivity index (χ2n) is 7.08. The van der Waals surface area contributed by atoms with Gasteiger partial charge in [-0.1, -0.05) is 33.6 Å². The SMILES string of the molecule is O=C(Nc1ccc(Br)cc1C(=O)O)c1cccc(S(=O)(=O)N2CCc3cc(Cl)ccc32)c1. The first kappa shape index (κ1) is 22.3. The molecule has 0 atom stereocenters. The number of carboxylic acids is 1. The van der Waals surface area contributed by atoms with Crippen molar-refractivity contribution in [3.8, 4) is 0 Å². The molecular weight excluding hydrogens is 520 g/mol. The Hall–Kier alpha value is -2.88. The van der Waals surface area contributed by atoms with Gasteiger partial charge in [-0.25, -0.2) is 13.2 Å². The van der Waals surface area contributed by atoms with Gasteiger partial charge in [-0.2, -0.15) is 0 Å². The van der Waals surface area contributed by atoms with Crippen molar-refractivity contribution in [1.82, 2.24) is 0 Å². The predicted octanol–water partition coefficient (Wildman–Crippen LogP) is 4.80. The number of halogens is 2. The van der Waals surface area contributed by atoms with Crippen molar-refractivity contribution in [3.05, 3.63) is 86.8 Å². The van der Waals surface area contributed by atoms with E-state index in [2.05, 4.69) is 21.2 Å². The number of rotatable bonds is 5. The number of carboxylic acid groups (broad SMARTS) is 1. The molecule has 2 N–H and O–H groups in total. The van der Waals surface area contributed by atoms with E-state index in [9.17, 15) is 23.1 Å². The van der Waals surface area contributed by atoms with Gasteiger partial charge >= 0.3 is 5.97 Å². The lowest BCUT2D eigenvalue weighted by Gasteiger charge is -2.20. The standard InChI is InChI=1S/C22H16BrClN2O5S/c23-15-4-6-19(18(12-15)22(28)29)25-21(27)14-2-1-3-17(11-14)32(30,31)26-9-8-13-10-16(24)5-7-20(13)26/h1-7,10-12H,8-9H2,(H,25,27)(H,28,29). The maximum atomic E-state index is 13.3. The zero-order valence-electron chi connectivity index (χ0n) is 16.4. The number of benzene rings is 3. The van der Waals surface area contributed by atoms with Crippen molar-refractivity contribution >= 4 is 60.8 Å². The highest BCUT2D eigenvalue weighted by atomic mass is 79.9. The van der Waals surface area contributed by atoms with Crippen LogP contribution in [0, 0.1) is 0 Å². The van der Waals surface area contributed by atoms with Crippen LogP contribution in [-0.2, 0) is 16.4 Å². The zero-order chi connectivity index (χ0) is 23.0. The summed E-state index contributed by atoms with van der Waals surface area (Å²) in [6.45, 7) is 0.273. The summed E-state index contributed by atoms with van der Waals surface area (Å²) < 4.78 is 28.4. The molecule has 0 saturated carbocycles. The Labute approximate surface area is 197 Å². The molecule has 0 fully saturated rings. The molecule has 4 rings (SSSR count). The van der Waals surface area contributed by atoms with Crippen LogP contribution in [0.5, 0.6) is 0 Å². The minimum Gasteiger partial charge on any atom is -0.478 e. The third-order valence-electron chi connectivity index (χ3n) is 5.04. The molecule has 7 nitrogen and oxygen atoms in total. The predicted molar refractivity (Wildman–Crippen MR) is 125 cm³/mol. The monoisotopic (exact) mass is 534 g/mol. The van der Waals surface area contributed by atoms with E-state index < -0.39 is 21.9 Å². The van der Waals surface area contributed by atoms with E-state index in [1.807, 2.05) is 0 Å². The normalized spacial score (nSPS) is 13.0. The Morgan fingerprint density at radius 1 is 1.06 bits per heavy atom. The maximum absolute atomic E-state index is 13.3. The topological polar surface area (TPSA) is 104 Å². The number of hydrogen-bond donors (Lipinski definition) is 2. The number of amides is 1. The summed E-state index contributed by atoms with van der Waals surface area (Å²) in [6, 6.07) is 15.1. The Bertz CT molecular complexity index is 1360. The molecular formula is C22H16BrClN2O5S. The van der Waals surface area contributed by atoms with Crippen LogP contribution in [0.3, 0.4) is 0 Å². The molecule has 10 heteroatoms. The molecule has 0 spiro atoms. The summed E-state index contributed by atoms with van der Waals surface area (Å²) in [5.41, 5.74) is 1.49. The van der Waals surface area contributed by atoms with Crippen LogP contribution in [0.4, 0.5) is 11.4 Å². The second kappa shape index (κ2) is 8.57. The maximum Gasteiger partial charge on any atom is 0.337 e. The van der Waals surface area contributed by atoms with Crippen molar-refractivity contribution in [2.75, 3.05) is 16.2 Å². The number of fused-ring (bicyclic) bond motifs is 1. The smallest absolute Gasteiger partial charge is 0.337 e. The first-order valence-electron chi connectivity index (χ1n) is 9.42. The highest BCUT2D eigenvalue weighted by molar-refractivity contribution is 9.10. The molecule has 1 aliphatic heterocycles. The van der Waals surface area contributed by atoms with Gasteiger partial charge < -0.3 is 10.4 Å². The van der Waals surface area contributed by atoms with Gasteiger partial charge in [0, 0.05) is 21.6 Å². The summed E-state index contributed by atoms with van der Waals surface area (Å²) in [5, 5.41) is 12.5. The average Bonchev–Trinajstić information content (AvgIpc) is 3.18. The molecule has 3 aromatic carbocycles. The number of carbonyl (C=O) groups excluding carboxylic acids is 1. The number of anilines is 2. The second-order valence-corrected chi connectivity index (χ2v) is 10.3. The van der Waals surface area contributed by atoms with E-state index in [1.54, 1.807) is 24.3 Å². The summed E-state index contributed by atoms with van der Waals surface area (Å²) in [7, 11) is -3.91. The lowest BCUT2D eigenvalue weighted by atomic mass is 10.1. The van der Waals surface area contributed by atoms with Gasteiger partial charge in [-0.15, -0.1) is 0 Å². The van der Waals surface area contributed by atoms with Gasteiger partial charge in [0.15, 0.2) is 0 Å². The molecule has 0 bridgehead atoms. The van der Waals surface area contributed by atoms with Crippen LogP contribution < -0.4 is 9.62 Å².